The van der Waals surface area contributed by atoms with Crippen LogP contribution in [0.1, 0.15) is 21.5 Å². The lowest BCUT2D eigenvalue weighted by atomic mass is 10.1. The molecule has 0 unspecified atom stereocenters. The zero-order chi connectivity index (χ0) is 23.4. The average molecular weight is 571 g/mol. The van der Waals surface area contributed by atoms with Gasteiger partial charge < -0.3 is 9.47 Å². The molecule has 4 rings (SSSR count). The number of halogens is 1. The number of methoxy groups -OCH3 is 1. The Hall–Kier alpha value is -3.11. The van der Waals surface area contributed by atoms with E-state index in [9.17, 15) is 14.4 Å². The maximum atomic E-state index is 12.8. The summed E-state index contributed by atoms with van der Waals surface area (Å²) in [6.45, 7) is 0.220. The van der Waals surface area contributed by atoms with Crippen LogP contribution in [0.15, 0.2) is 77.7 Å². The van der Waals surface area contributed by atoms with E-state index in [1.807, 2.05) is 59.0 Å². The van der Waals surface area contributed by atoms with Crippen LogP contribution in [0.4, 0.5) is 4.79 Å². The molecule has 0 spiro atoms. The second-order valence-corrected chi connectivity index (χ2v) is 9.20. The summed E-state index contributed by atoms with van der Waals surface area (Å²) < 4.78 is 11.6. The molecule has 0 saturated carbocycles. The summed E-state index contributed by atoms with van der Waals surface area (Å²) in [6, 6.07) is 21.5. The molecule has 0 radical (unpaired) electrons. The van der Waals surface area contributed by atoms with Crippen molar-refractivity contribution in [2.75, 3.05) is 7.11 Å². The Morgan fingerprint density at radius 3 is 2.36 bits per heavy atom. The first-order valence-corrected chi connectivity index (χ1v) is 11.8. The number of ether oxygens (including phenoxy) is 2. The van der Waals surface area contributed by atoms with E-state index in [2.05, 4.69) is 0 Å². The predicted molar refractivity (Wildman–Crippen MR) is 135 cm³/mol. The van der Waals surface area contributed by atoms with Crippen molar-refractivity contribution in [1.82, 2.24) is 4.90 Å². The Morgan fingerprint density at radius 2 is 1.70 bits per heavy atom. The first kappa shape index (κ1) is 23.1. The largest absolute Gasteiger partial charge is 0.493 e. The highest BCUT2D eigenvalue weighted by atomic mass is 127. The van der Waals surface area contributed by atoms with Crippen LogP contribution in [0.3, 0.4) is 0 Å². The molecule has 1 saturated heterocycles. The number of rotatable bonds is 6. The topological polar surface area (TPSA) is 72.9 Å². The second-order valence-electron chi connectivity index (χ2n) is 7.04. The van der Waals surface area contributed by atoms with Crippen LogP contribution in [-0.4, -0.2) is 29.1 Å². The lowest BCUT2D eigenvalue weighted by molar-refractivity contribution is -0.123. The van der Waals surface area contributed by atoms with Gasteiger partial charge in [0, 0.05) is 0 Å². The van der Waals surface area contributed by atoms with E-state index in [0.29, 0.717) is 31.1 Å². The Kier molecular flexibility index (Phi) is 7.14. The fraction of sp³-hybridized carbons (Fsp3) is 0.0800. The summed E-state index contributed by atoms with van der Waals surface area (Å²) >= 11 is 2.94. The van der Waals surface area contributed by atoms with E-state index in [4.69, 9.17) is 9.47 Å². The van der Waals surface area contributed by atoms with Gasteiger partial charge in [0.1, 0.15) is 0 Å². The van der Waals surface area contributed by atoms with Crippen molar-refractivity contribution in [2.24, 2.45) is 0 Å². The standard InChI is InChI=1S/C25H18INO5S/c1-31-20-13-17(12-19(26)22(20)32-24(29)18-10-6-3-7-11-18)14-21-23(28)27(25(30)33-21)15-16-8-4-2-5-9-16/h2-14H,15H2,1H3/b21-14-. The van der Waals surface area contributed by atoms with Gasteiger partial charge in [-0.1, -0.05) is 48.5 Å². The van der Waals surface area contributed by atoms with E-state index in [1.54, 1.807) is 42.5 Å². The number of carbonyl (C=O) groups is 3. The molecular weight excluding hydrogens is 553 g/mol. The van der Waals surface area contributed by atoms with Crippen molar-refractivity contribution in [3.05, 3.63) is 98.0 Å². The summed E-state index contributed by atoms with van der Waals surface area (Å²) in [6.07, 6.45) is 1.64. The first-order chi connectivity index (χ1) is 16.0. The zero-order valence-corrected chi connectivity index (χ0v) is 20.5. The van der Waals surface area contributed by atoms with Gasteiger partial charge in [0.05, 0.1) is 27.7 Å². The van der Waals surface area contributed by atoms with Crippen molar-refractivity contribution in [3.8, 4) is 11.5 Å². The molecule has 0 aliphatic carbocycles. The number of imide groups is 1. The molecule has 1 aliphatic rings. The third-order valence-corrected chi connectivity index (χ3v) is 6.52. The molecule has 0 atom stereocenters. The molecule has 2 amide bonds. The van der Waals surface area contributed by atoms with E-state index >= 15 is 0 Å². The van der Waals surface area contributed by atoms with Crippen molar-refractivity contribution in [3.63, 3.8) is 0 Å². The maximum absolute atomic E-state index is 12.8. The molecule has 1 heterocycles. The van der Waals surface area contributed by atoms with E-state index in [1.165, 1.54) is 12.0 Å². The van der Waals surface area contributed by atoms with Gasteiger partial charge in [-0.25, -0.2) is 4.79 Å². The normalized spacial score (nSPS) is 14.6. The minimum Gasteiger partial charge on any atom is -0.493 e. The Labute approximate surface area is 208 Å². The summed E-state index contributed by atoms with van der Waals surface area (Å²) in [7, 11) is 1.47. The average Bonchev–Trinajstić information content (AvgIpc) is 3.09. The number of thioether (sulfide) groups is 1. The molecule has 0 bridgehead atoms. The Bertz CT molecular complexity index is 1240. The van der Waals surface area contributed by atoms with Crippen LogP contribution in [0, 0.1) is 3.57 Å². The minimum absolute atomic E-state index is 0.220. The van der Waals surface area contributed by atoms with Crippen LogP contribution in [0.5, 0.6) is 11.5 Å². The smallest absolute Gasteiger partial charge is 0.343 e. The van der Waals surface area contributed by atoms with Crippen LogP contribution < -0.4 is 9.47 Å². The van der Waals surface area contributed by atoms with Crippen LogP contribution in [0.2, 0.25) is 0 Å². The highest BCUT2D eigenvalue weighted by Gasteiger charge is 2.35. The number of hydrogen-bond acceptors (Lipinski definition) is 6. The van der Waals surface area contributed by atoms with Gasteiger partial charge in [-0.15, -0.1) is 0 Å². The van der Waals surface area contributed by atoms with E-state index < -0.39 is 5.97 Å². The molecule has 33 heavy (non-hydrogen) atoms. The molecule has 1 aliphatic heterocycles. The SMILES string of the molecule is COc1cc(/C=C2\SC(=O)N(Cc3ccccc3)C2=O)cc(I)c1OC(=O)c1ccccc1. The molecular formula is C25H18INO5S. The molecule has 1 fully saturated rings. The fourth-order valence-electron chi connectivity index (χ4n) is 3.20. The number of carbonyl (C=O) groups excluding carboxylic acids is 3. The van der Waals surface area contributed by atoms with Crippen molar-refractivity contribution in [2.45, 2.75) is 6.54 Å². The third-order valence-electron chi connectivity index (χ3n) is 4.81. The number of esters is 1. The second kappa shape index (κ2) is 10.2. The summed E-state index contributed by atoms with van der Waals surface area (Å²) in [5.74, 6) is -0.203. The lowest BCUT2D eigenvalue weighted by Crippen LogP contribution is -2.27. The summed E-state index contributed by atoms with van der Waals surface area (Å²) in [4.78, 5) is 39.3. The van der Waals surface area contributed by atoms with E-state index in [0.717, 1.165) is 17.3 Å². The molecule has 166 valence electrons. The van der Waals surface area contributed by atoms with Crippen molar-refractivity contribution < 1.29 is 23.9 Å². The minimum atomic E-state index is -0.499. The van der Waals surface area contributed by atoms with Gasteiger partial charge >= 0.3 is 5.97 Å². The zero-order valence-electron chi connectivity index (χ0n) is 17.5. The van der Waals surface area contributed by atoms with Crippen LogP contribution in [0.25, 0.3) is 6.08 Å². The van der Waals surface area contributed by atoms with Crippen molar-refractivity contribution in [1.29, 1.82) is 0 Å². The number of hydrogen-bond donors (Lipinski definition) is 0. The monoisotopic (exact) mass is 571 g/mol. The van der Waals surface area contributed by atoms with Gasteiger partial charge in [-0.2, -0.15) is 0 Å². The summed E-state index contributed by atoms with van der Waals surface area (Å²) in [5.41, 5.74) is 1.95. The summed E-state index contributed by atoms with van der Waals surface area (Å²) in [5, 5.41) is -0.315. The van der Waals surface area contributed by atoms with Crippen molar-refractivity contribution >= 4 is 57.5 Å². The van der Waals surface area contributed by atoms with Gasteiger partial charge in [-0.3, -0.25) is 14.5 Å². The molecule has 3 aromatic carbocycles. The first-order valence-electron chi connectivity index (χ1n) is 9.90. The molecule has 0 N–H and O–H groups in total. The molecule has 8 heteroatoms. The number of benzene rings is 3. The quantitative estimate of drug-likeness (QED) is 0.162. The van der Waals surface area contributed by atoms with Gasteiger partial charge in [0.25, 0.3) is 11.1 Å². The molecule has 0 aromatic heterocycles. The fourth-order valence-corrected chi connectivity index (χ4v) is 4.78. The molecule has 3 aromatic rings. The molecule has 6 nitrogen and oxygen atoms in total. The third kappa shape index (κ3) is 5.28. The van der Waals surface area contributed by atoms with Crippen LogP contribution in [-0.2, 0) is 11.3 Å². The highest BCUT2D eigenvalue weighted by Crippen LogP contribution is 2.38. The predicted octanol–water partition coefficient (Wildman–Crippen LogP) is 5.76. The van der Waals surface area contributed by atoms with Gasteiger partial charge in [0.2, 0.25) is 0 Å². The lowest BCUT2D eigenvalue weighted by Gasteiger charge is -2.13. The highest BCUT2D eigenvalue weighted by molar-refractivity contribution is 14.1. The number of nitrogens with zero attached hydrogens (tertiary/aromatic N) is 1. The number of amides is 2. The Balaban J connectivity index is 1.57. The van der Waals surface area contributed by atoms with E-state index in [-0.39, 0.29) is 17.7 Å². The Morgan fingerprint density at radius 1 is 1.03 bits per heavy atom. The van der Waals surface area contributed by atoms with Gasteiger partial charge in [-0.05, 0) is 75.8 Å². The van der Waals surface area contributed by atoms with Crippen LogP contribution >= 0.6 is 34.4 Å². The maximum Gasteiger partial charge on any atom is 0.343 e. The van der Waals surface area contributed by atoms with Gasteiger partial charge in [0.15, 0.2) is 11.5 Å².